The van der Waals surface area contributed by atoms with Crippen molar-refractivity contribution in [3.05, 3.63) is 46.0 Å². The Balaban J connectivity index is 1.93. The predicted octanol–water partition coefficient (Wildman–Crippen LogP) is 2.05. The first-order valence-corrected chi connectivity index (χ1v) is 5.75. The van der Waals surface area contributed by atoms with Crippen LogP contribution in [0.2, 0.25) is 0 Å². The van der Waals surface area contributed by atoms with Gasteiger partial charge in [-0.15, -0.1) is 0 Å². The van der Waals surface area contributed by atoms with Crippen molar-refractivity contribution in [1.29, 1.82) is 0 Å². The number of aryl methyl sites for hydroxylation is 1. The van der Waals surface area contributed by atoms with Crippen LogP contribution < -0.4 is 10.1 Å². The number of halogens is 1. The van der Waals surface area contributed by atoms with Crippen LogP contribution in [0.15, 0.2) is 28.8 Å². The van der Waals surface area contributed by atoms with E-state index in [1.807, 2.05) is 0 Å². The molecule has 1 amide bonds. The van der Waals surface area contributed by atoms with Crippen molar-refractivity contribution < 1.29 is 23.4 Å². The lowest BCUT2D eigenvalue weighted by Crippen LogP contribution is -2.20. The number of non-ortho nitro benzene ring substituents is 1. The van der Waals surface area contributed by atoms with E-state index in [1.54, 1.807) is 6.92 Å². The van der Waals surface area contributed by atoms with Crippen LogP contribution in [-0.4, -0.2) is 22.6 Å². The SMILES string of the molecule is Cc1cc(NC(=O)COc2ccc([N+](=O)[O-])cc2F)no1. The number of rotatable bonds is 5. The van der Waals surface area contributed by atoms with Gasteiger partial charge in [0, 0.05) is 12.1 Å². The fraction of sp³-hybridized carbons (Fsp3) is 0.167. The number of aromatic nitrogens is 1. The first-order chi connectivity index (χ1) is 9.95. The second-order valence-corrected chi connectivity index (χ2v) is 4.03. The van der Waals surface area contributed by atoms with E-state index in [2.05, 4.69) is 10.5 Å². The average Bonchev–Trinajstić information content (AvgIpc) is 2.82. The normalized spacial score (nSPS) is 10.2. The summed E-state index contributed by atoms with van der Waals surface area (Å²) in [5.41, 5.74) is -0.401. The van der Waals surface area contributed by atoms with E-state index in [0.29, 0.717) is 11.8 Å². The van der Waals surface area contributed by atoms with Crippen LogP contribution in [-0.2, 0) is 4.79 Å². The minimum atomic E-state index is -0.922. The lowest BCUT2D eigenvalue weighted by molar-refractivity contribution is -0.385. The van der Waals surface area contributed by atoms with Crippen LogP contribution in [0, 0.1) is 22.9 Å². The first-order valence-electron chi connectivity index (χ1n) is 5.75. The highest BCUT2D eigenvalue weighted by atomic mass is 19.1. The molecule has 21 heavy (non-hydrogen) atoms. The Morgan fingerprint density at radius 1 is 1.52 bits per heavy atom. The van der Waals surface area contributed by atoms with E-state index in [4.69, 9.17) is 9.26 Å². The van der Waals surface area contributed by atoms with Gasteiger partial charge in [-0.05, 0) is 13.0 Å². The lowest BCUT2D eigenvalue weighted by Gasteiger charge is -2.06. The molecule has 0 radical (unpaired) electrons. The molecule has 110 valence electrons. The molecule has 0 fully saturated rings. The third kappa shape index (κ3) is 3.75. The molecule has 1 heterocycles. The van der Waals surface area contributed by atoms with Gasteiger partial charge in [0.25, 0.3) is 11.6 Å². The van der Waals surface area contributed by atoms with Gasteiger partial charge in [-0.1, -0.05) is 5.16 Å². The Morgan fingerprint density at radius 3 is 2.86 bits per heavy atom. The Bertz CT molecular complexity index is 685. The van der Waals surface area contributed by atoms with Crippen LogP contribution in [0.1, 0.15) is 5.76 Å². The molecule has 2 aromatic rings. The van der Waals surface area contributed by atoms with E-state index in [-0.39, 0.29) is 11.6 Å². The summed E-state index contributed by atoms with van der Waals surface area (Å²) in [4.78, 5) is 21.3. The summed E-state index contributed by atoms with van der Waals surface area (Å²) in [6, 6.07) is 4.39. The largest absolute Gasteiger partial charge is 0.481 e. The van der Waals surface area contributed by atoms with Crippen LogP contribution >= 0.6 is 0 Å². The summed E-state index contributed by atoms with van der Waals surface area (Å²) in [7, 11) is 0. The first kappa shape index (κ1) is 14.4. The Kier molecular flexibility index (Phi) is 4.12. The average molecular weight is 295 g/mol. The number of amides is 1. The zero-order valence-corrected chi connectivity index (χ0v) is 10.8. The number of benzene rings is 1. The van der Waals surface area contributed by atoms with Crippen molar-refractivity contribution >= 4 is 17.4 Å². The summed E-state index contributed by atoms with van der Waals surface area (Å²) in [6.07, 6.45) is 0. The number of hydrogen-bond acceptors (Lipinski definition) is 6. The minimum Gasteiger partial charge on any atom is -0.481 e. The molecule has 1 aromatic heterocycles. The summed E-state index contributed by atoms with van der Waals surface area (Å²) in [5, 5.41) is 16.4. The van der Waals surface area contributed by atoms with Crippen LogP contribution in [0.5, 0.6) is 5.75 Å². The maximum Gasteiger partial charge on any atom is 0.272 e. The number of nitrogens with one attached hydrogen (secondary N) is 1. The van der Waals surface area contributed by atoms with Crippen molar-refractivity contribution in [3.8, 4) is 5.75 Å². The molecule has 0 atom stereocenters. The zero-order chi connectivity index (χ0) is 15.4. The molecule has 0 aliphatic heterocycles. The van der Waals surface area contributed by atoms with Gasteiger partial charge < -0.3 is 14.6 Å². The van der Waals surface area contributed by atoms with Gasteiger partial charge in [-0.25, -0.2) is 4.39 Å². The molecule has 0 aliphatic rings. The van der Waals surface area contributed by atoms with Gasteiger partial charge in [-0.3, -0.25) is 14.9 Å². The number of nitro groups is 1. The topological polar surface area (TPSA) is 108 Å². The van der Waals surface area contributed by atoms with Gasteiger partial charge in [0.2, 0.25) is 0 Å². The van der Waals surface area contributed by atoms with E-state index in [0.717, 1.165) is 12.1 Å². The maximum absolute atomic E-state index is 13.5. The highest BCUT2D eigenvalue weighted by Gasteiger charge is 2.13. The molecule has 0 aliphatic carbocycles. The van der Waals surface area contributed by atoms with Crippen LogP contribution in [0.3, 0.4) is 0 Å². The molecule has 0 saturated carbocycles. The molecule has 2 rings (SSSR count). The zero-order valence-electron chi connectivity index (χ0n) is 10.8. The summed E-state index contributed by atoms with van der Waals surface area (Å²) < 4.78 is 23.2. The van der Waals surface area contributed by atoms with Crippen molar-refractivity contribution in [2.75, 3.05) is 11.9 Å². The molecule has 0 saturated heterocycles. The number of anilines is 1. The summed E-state index contributed by atoms with van der Waals surface area (Å²) in [6.45, 7) is 1.19. The number of carbonyl (C=O) groups is 1. The van der Waals surface area contributed by atoms with E-state index in [1.165, 1.54) is 6.07 Å². The molecule has 1 aromatic carbocycles. The number of nitro benzene ring substituents is 1. The van der Waals surface area contributed by atoms with Crippen LogP contribution in [0.25, 0.3) is 0 Å². The molecule has 0 spiro atoms. The van der Waals surface area contributed by atoms with Crippen molar-refractivity contribution in [2.24, 2.45) is 0 Å². The van der Waals surface area contributed by atoms with Crippen molar-refractivity contribution in [2.45, 2.75) is 6.92 Å². The van der Waals surface area contributed by atoms with Crippen molar-refractivity contribution in [1.82, 2.24) is 5.16 Å². The van der Waals surface area contributed by atoms with Gasteiger partial charge in [0.1, 0.15) is 5.76 Å². The van der Waals surface area contributed by atoms with Gasteiger partial charge in [0.15, 0.2) is 24.0 Å². The molecule has 0 bridgehead atoms. The highest BCUT2D eigenvalue weighted by molar-refractivity contribution is 5.90. The Morgan fingerprint density at radius 2 is 2.29 bits per heavy atom. The maximum atomic E-state index is 13.5. The molecular formula is C12H10FN3O5. The summed E-state index contributed by atoms with van der Waals surface area (Å²) in [5.74, 6) is -1.01. The van der Waals surface area contributed by atoms with E-state index < -0.39 is 28.9 Å². The number of nitrogens with zero attached hydrogens (tertiary/aromatic N) is 2. The van der Waals surface area contributed by atoms with Crippen molar-refractivity contribution in [3.63, 3.8) is 0 Å². The minimum absolute atomic E-state index is 0.213. The Hall–Kier alpha value is -2.97. The fourth-order valence-corrected chi connectivity index (χ4v) is 1.47. The third-order valence-electron chi connectivity index (χ3n) is 2.38. The highest BCUT2D eigenvalue weighted by Crippen LogP contribution is 2.22. The molecule has 9 heteroatoms. The number of ether oxygens (including phenoxy) is 1. The molecular weight excluding hydrogens is 285 g/mol. The standard InChI is InChI=1S/C12H10FN3O5/c1-7-4-11(15-21-7)14-12(17)6-20-10-3-2-8(16(18)19)5-9(10)13/h2-5H,6H2,1H3,(H,14,15,17). The molecule has 1 N–H and O–H groups in total. The van der Waals surface area contributed by atoms with Gasteiger partial charge in [0.05, 0.1) is 11.0 Å². The quantitative estimate of drug-likeness (QED) is 0.668. The van der Waals surface area contributed by atoms with E-state index in [9.17, 15) is 19.3 Å². The van der Waals surface area contributed by atoms with E-state index >= 15 is 0 Å². The summed E-state index contributed by atoms with van der Waals surface area (Å²) >= 11 is 0. The Labute approximate surface area is 117 Å². The second-order valence-electron chi connectivity index (χ2n) is 4.03. The predicted molar refractivity (Wildman–Crippen MR) is 68.4 cm³/mol. The fourth-order valence-electron chi connectivity index (χ4n) is 1.47. The molecule has 0 unspecified atom stereocenters. The lowest BCUT2D eigenvalue weighted by atomic mass is 10.3. The second kappa shape index (κ2) is 5.99. The monoisotopic (exact) mass is 295 g/mol. The van der Waals surface area contributed by atoms with Crippen LogP contribution in [0.4, 0.5) is 15.9 Å². The van der Waals surface area contributed by atoms with Gasteiger partial charge >= 0.3 is 0 Å². The van der Waals surface area contributed by atoms with Gasteiger partial charge in [-0.2, -0.15) is 0 Å². The number of hydrogen-bond donors (Lipinski definition) is 1. The number of carbonyl (C=O) groups excluding carboxylic acids is 1. The molecule has 8 nitrogen and oxygen atoms in total. The smallest absolute Gasteiger partial charge is 0.272 e. The third-order valence-corrected chi connectivity index (χ3v) is 2.38.